The lowest BCUT2D eigenvalue weighted by atomic mass is 10.1. The third-order valence-electron chi connectivity index (χ3n) is 3.43. The Bertz CT molecular complexity index is 533. The molecule has 1 atom stereocenters. The number of aliphatic carboxylic acids is 2. The van der Waals surface area contributed by atoms with E-state index in [1.54, 1.807) is 0 Å². The lowest BCUT2D eigenvalue weighted by molar-refractivity contribution is -0.160. The van der Waals surface area contributed by atoms with Gasteiger partial charge in [-0.2, -0.15) is 0 Å². The predicted molar refractivity (Wildman–Crippen MR) is 97.2 cm³/mol. The van der Waals surface area contributed by atoms with Crippen molar-refractivity contribution in [3.05, 3.63) is 0 Å². The highest BCUT2D eigenvalue weighted by molar-refractivity contribution is 5.80. The molecule has 0 aromatic carbocycles. The number of carboxylic acids is 2. The largest absolute Gasteiger partial charge is 0.481 e. The molecule has 0 aromatic heterocycles. The molecule has 12 nitrogen and oxygen atoms in total. The number of carbonyl (C=O) groups is 5. The molecule has 12 heteroatoms. The summed E-state index contributed by atoms with van der Waals surface area (Å²) in [5.74, 6) is -4.50. The summed E-state index contributed by atoms with van der Waals surface area (Å²) in [5.41, 5.74) is 0. The fourth-order valence-corrected chi connectivity index (χ4v) is 1.99. The molecule has 0 spiro atoms. The average molecular weight is 436 g/mol. The second kappa shape index (κ2) is 18.3. The lowest BCUT2D eigenvalue weighted by Crippen LogP contribution is -2.27. The van der Waals surface area contributed by atoms with Gasteiger partial charge in [-0.25, -0.2) is 0 Å². The highest BCUT2D eigenvalue weighted by Crippen LogP contribution is 2.10. The lowest BCUT2D eigenvalue weighted by Gasteiger charge is -2.16. The molecular weight excluding hydrogens is 408 g/mol. The Labute approximate surface area is 173 Å². The fourth-order valence-electron chi connectivity index (χ4n) is 1.99. The highest BCUT2D eigenvalue weighted by Gasteiger charge is 2.25. The Morgan fingerprint density at radius 1 is 0.800 bits per heavy atom. The molecule has 0 radical (unpaired) electrons. The average Bonchev–Trinajstić information content (AvgIpc) is 2.69. The van der Waals surface area contributed by atoms with Crippen LogP contribution in [0.2, 0.25) is 0 Å². The van der Waals surface area contributed by atoms with E-state index in [2.05, 4.69) is 4.74 Å². The smallest absolute Gasteiger partial charge is 0.311 e. The van der Waals surface area contributed by atoms with E-state index in [1.165, 1.54) is 0 Å². The first kappa shape index (κ1) is 27.3. The normalized spacial score (nSPS) is 11.3. The van der Waals surface area contributed by atoms with Crippen LogP contribution in [0.15, 0.2) is 0 Å². The standard InChI is InChI=1S/C18H28O12/c19-12-26-6-3-7-27-13-28-11-14(18(25)30-9-2-5-16(22)23)10-17(24)29-8-1-4-15(20)21/h12,14H,1-11,13H2,(H,20,21)(H,22,23). The molecule has 0 aliphatic rings. The van der Waals surface area contributed by atoms with Crippen LogP contribution in [0.4, 0.5) is 0 Å². The van der Waals surface area contributed by atoms with Gasteiger partial charge in [0, 0.05) is 19.3 Å². The van der Waals surface area contributed by atoms with Crippen LogP contribution in [-0.2, 0) is 47.7 Å². The minimum atomic E-state index is -1.02. The predicted octanol–water partition coefficient (Wildman–Crippen LogP) is 0.363. The Morgan fingerprint density at radius 3 is 2.03 bits per heavy atom. The van der Waals surface area contributed by atoms with Crippen molar-refractivity contribution in [3.8, 4) is 0 Å². The molecule has 30 heavy (non-hydrogen) atoms. The van der Waals surface area contributed by atoms with E-state index in [9.17, 15) is 24.0 Å². The molecule has 0 bridgehead atoms. The zero-order chi connectivity index (χ0) is 22.6. The maximum absolute atomic E-state index is 12.2. The Balaban J connectivity index is 4.33. The first-order valence-corrected chi connectivity index (χ1v) is 9.33. The molecule has 0 saturated carbocycles. The SMILES string of the molecule is O=COCCCOCOCC(CC(=O)OCCCC(=O)O)C(=O)OCCCC(=O)O. The summed E-state index contributed by atoms with van der Waals surface area (Å²) in [6.45, 7) is 0.182. The summed E-state index contributed by atoms with van der Waals surface area (Å²) in [6, 6.07) is 0. The van der Waals surface area contributed by atoms with Gasteiger partial charge < -0.3 is 33.9 Å². The van der Waals surface area contributed by atoms with Gasteiger partial charge in [0.05, 0.1) is 45.4 Å². The van der Waals surface area contributed by atoms with Gasteiger partial charge in [-0.05, 0) is 12.8 Å². The summed E-state index contributed by atoms with van der Waals surface area (Å²) >= 11 is 0. The Morgan fingerprint density at radius 2 is 1.43 bits per heavy atom. The van der Waals surface area contributed by atoms with E-state index in [0.717, 1.165) is 0 Å². The first-order chi connectivity index (χ1) is 14.4. The molecule has 0 fully saturated rings. The third kappa shape index (κ3) is 17.4. The van der Waals surface area contributed by atoms with E-state index in [1.807, 2.05) is 0 Å². The van der Waals surface area contributed by atoms with Crippen molar-refractivity contribution in [2.24, 2.45) is 5.92 Å². The van der Waals surface area contributed by atoms with Crippen LogP contribution in [0.1, 0.15) is 38.5 Å². The second-order valence-corrected chi connectivity index (χ2v) is 6.00. The third-order valence-corrected chi connectivity index (χ3v) is 3.43. The minimum absolute atomic E-state index is 0.0989. The van der Waals surface area contributed by atoms with Crippen LogP contribution < -0.4 is 0 Å². The zero-order valence-electron chi connectivity index (χ0n) is 16.6. The van der Waals surface area contributed by atoms with E-state index in [0.29, 0.717) is 12.9 Å². The number of hydrogen-bond acceptors (Lipinski definition) is 10. The van der Waals surface area contributed by atoms with Crippen molar-refractivity contribution in [3.63, 3.8) is 0 Å². The van der Waals surface area contributed by atoms with Crippen molar-refractivity contribution in [2.75, 3.05) is 39.8 Å². The molecule has 1 unspecified atom stereocenters. The molecule has 0 aliphatic heterocycles. The molecule has 2 N–H and O–H groups in total. The maximum Gasteiger partial charge on any atom is 0.311 e. The number of esters is 2. The van der Waals surface area contributed by atoms with Gasteiger partial charge in [0.2, 0.25) is 0 Å². The first-order valence-electron chi connectivity index (χ1n) is 9.33. The number of hydrogen-bond donors (Lipinski definition) is 2. The van der Waals surface area contributed by atoms with Crippen molar-refractivity contribution >= 4 is 30.3 Å². The zero-order valence-corrected chi connectivity index (χ0v) is 16.6. The van der Waals surface area contributed by atoms with E-state index in [-0.39, 0.29) is 71.9 Å². The minimum Gasteiger partial charge on any atom is -0.481 e. The molecule has 0 aliphatic carbocycles. The molecule has 0 aromatic rings. The summed E-state index contributed by atoms with van der Waals surface area (Å²) in [5, 5.41) is 17.1. The summed E-state index contributed by atoms with van der Waals surface area (Å²) in [7, 11) is 0. The summed E-state index contributed by atoms with van der Waals surface area (Å²) < 4.78 is 24.7. The molecule has 0 rings (SSSR count). The quantitative estimate of drug-likeness (QED) is 0.0883. The van der Waals surface area contributed by atoms with Gasteiger partial charge in [0.25, 0.3) is 6.47 Å². The van der Waals surface area contributed by atoms with Crippen LogP contribution >= 0.6 is 0 Å². The number of carboxylic acid groups (broad SMARTS) is 2. The van der Waals surface area contributed by atoms with Crippen LogP contribution in [0.3, 0.4) is 0 Å². The topological polar surface area (TPSA) is 172 Å². The number of ether oxygens (including phenoxy) is 5. The van der Waals surface area contributed by atoms with Gasteiger partial charge in [-0.3, -0.25) is 24.0 Å². The number of carbonyl (C=O) groups excluding carboxylic acids is 3. The number of rotatable bonds is 20. The van der Waals surface area contributed by atoms with Gasteiger partial charge >= 0.3 is 23.9 Å². The van der Waals surface area contributed by atoms with Crippen molar-refractivity contribution in [1.29, 1.82) is 0 Å². The van der Waals surface area contributed by atoms with Gasteiger partial charge in [0.15, 0.2) is 0 Å². The van der Waals surface area contributed by atoms with E-state index >= 15 is 0 Å². The van der Waals surface area contributed by atoms with Crippen molar-refractivity contribution in [1.82, 2.24) is 0 Å². The second-order valence-electron chi connectivity index (χ2n) is 6.00. The highest BCUT2D eigenvalue weighted by atomic mass is 16.7. The maximum atomic E-state index is 12.2. The van der Waals surface area contributed by atoms with Crippen molar-refractivity contribution in [2.45, 2.75) is 38.5 Å². The van der Waals surface area contributed by atoms with E-state index in [4.69, 9.17) is 29.2 Å². The molecule has 0 saturated heterocycles. The monoisotopic (exact) mass is 436 g/mol. The summed E-state index contributed by atoms with van der Waals surface area (Å²) in [4.78, 5) is 54.9. The Kier molecular flexibility index (Phi) is 16.6. The summed E-state index contributed by atoms with van der Waals surface area (Å²) in [6.07, 6.45) is 0.0595. The van der Waals surface area contributed by atoms with Gasteiger partial charge in [-0.1, -0.05) is 0 Å². The van der Waals surface area contributed by atoms with E-state index < -0.39 is 29.8 Å². The van der Waals surface area contributed by atoms with Crippen LogP contribution in [0.25, 0.3) is 0 Å². The van der Waals surface area contributed by atoms with Crippen LogP contribution in [0.5, 0.6) is 0 Å². The van der Waals surface area contributed by atoms with Crippen LogP contribution in [-0.4, -0.2) is 80.4 Å². The molecular formula is C18H28O12. The molecule has 0 heterocycles. The molecule has 0 amide bonds. The van der Waals surface area contributed by atoms with Gasteiger partial charge in [0.1, 0.15) is 6.79 Å². The van der Waals surface area contributed by atoms with Gasteiger partial charge in [-0.15, -0.1) is 0 Å². The molecule has 172 valence electrons. The Hall–Kier alpha value is -2.73. The fraction of sp³-hybridized carbons (Fsp3) is 0.722. The van der Waals surface area contributed by atoms with Crippen LogP contribution in [0, 0.1) is 5.92 Å². The van der Waals surface area contributed by atoms with Crippen molar-refractivity contribution < 1.29 is 57.9 Å².